The molecule has 0 saturated heterocycles. The minimum atomic E-state index is -0.817. The van der Waals surface area contributed by atoms with Gasteiger partial charge in [0.1, 0.15) is 17.2 Å². The van der Waals surface area contributed by atoms with E-state index in [1.165, 1.54) is 18.9 Å². The van der Waals surface area contributed by atoms with Gasteiger partial charge in [-0.25, -0.2) is 24.7 Å². The Bertz CT molecular complexity index is 2100. The van der Waals surface area contributed by atoms with E-state index in [1.807, 2.05) is 65.8 Å². The van der Waals surface area contributed by atoms with Crippen molar-refractivity contribution in [2.45, 2.75) is 130 Å². The summed E-state index contributed by atoms with van der Waals surface area (Å²) in [5.74, 6) is 1.17. The monoisotopic (exact) mass is 840 g/mol. The standard InChI is InChI=1S/C24H34N4O5.C19H26N4O3.Li.H2O/c1-15-11-19(17-7-9-24(14-29,10-8-17)21(30)32-6)26-20(25-15)13-18-12-16(2)28(27-18)22(31)33-23(3,4)5;1-12-9-16(21-17(20-12)10-15-8-13(2)22-23-15)14-4-6-19(11-24,7-5-14)18(25)26-3;;/h11-12,17,29H,7-10,13-14H2,1-6H3;8-9,14,24H,4-7,10-11H2,1-3H3,(H,22,23);;1H2/q;;+1;/p-1. The van der Waals surface area contributed by atoms with E-state index in [9.17, 15) is 24.6 Å². The molecule has 61 heavy (non-hydrogen) atoms. The van der Waals surface area contributed by atoms with Crippen LogP contribution in [-0.2, 0) is 36.6 Å². The van der Waals surface area contributed by atoms with Gasteiger partial charge in [-0.15, -0.1) is 0 Å². The van der Waals surface area contributed by atoms with Crippen LogP contribution >= 0.6 is 0 Å². The first kappa shape index (κ1) is 50.8. The van der Waals surface area contributed by atoms with E-state index < -0.39 is 22.5 Å². The number of aromatic amines is 1. The van der Waals surface area contributed by atoms with Crippen LogP contribution in [0, 0.1) is 38.5 Å². The summed E-state index contributed by atoms with van der Waals surface area (Å²) in [6, 6.07) is 7.83. The second-order valence-electron chi connectivity index (χ2n) is 17.2. The summed E-state index contributed by atoms with van der Waals surface area (Å²) in [6.45, 7) is 12.7. The van der Waals surface area contributed by atoms with Gasteiger partial charge in [0, 0.05) is 46.0 Å². The van der Waals surface area contributed by atoms with Crippen molar-refractivity contribution in [2.75, 3.05) is 27.4 Å². The smallest absolute Gasteiger partial charge is 0.870 e. The predicted molar refractivity (Wildman–Crippen MR) is 218 cm³/mol. The second-order valence-corrected chi connectivity index (χ2v) is 17.2. The molecule has 0 amide bonds. The Kier molecular flexibility index (Phi) is 17.9. The zero-order chi connectivity index (χ0) is 43.1. The number of aryl methyl sites for hydroxylation is 4. The third-order valence-electron chi connectivity index (χ3n) is 11.3. The van der Waals surface area contributed by atoms with Gasteiger partial charge < -0.3 is 29.9 Å². The molecular weight excluding hydrogens is 779 g/mol. The van der Waals surface area contributed by atoms with Gasteiger partial charge >= 0.3 is 36.9 Å². The van der Waals surface area contributed by atoms with Crippen molar-refractivity contribution in [1.82, 2.24) is 39.9 Å². The van der Waals surface area contributed by atoms with Gasteiger partial charge in [0.2, 0.25) is 0 Å². The first-order valence-electron chi connectivity index (χ1n) is 20.3. The summed E-state index contributed by atoms with van der Waals surface area (Å²) in [4.78, 5) is 55.3. The molecule has 0 aliphatic heterocycles. The van der Waals surface area contributed by atoms with E-state index in [4.69, 9.17) is 24.2 Å². The van der Waals surface area contributed by atoms with Crippen LogP contribution in [0.25, 0.3) is 0 Å². The molecule has 6 rings (SSSR count). The zero-order valence-electron chi connectivity index (χ0n) is 37.4. The van der Waals surface area contributed by atoms with Gasteiger partial charge in [-0.2, -0.15) is 14.9 Å². The Morgan fingerprint density at radius 1 is 0.738 bits per heavy atom. The molecule has 0 unspecified atom stereocenters. The van der Waals surface area contributed by atoms with Crippen molar-refractivity contribution < 1.29 is 63.1 Å². The summed E-state index contributed by atoms with van der Waals surface area (Å²) < 4.78 is 16.5. The van der Waals surface area contributed by atoms with Gasteiger partial charge in [0.05, 0.1) is 62.5 Å². The molecule has 0 atom stereocenters. The molecule has 0 radical (unpaired) electrons. The number of aromatic nitrogens is 8. The van der Waals surface area contributed by atoms with Crippen LogP contribution in [0.1, 0.15) is 141 Å². The van der Waals surface area contributed by atoms with Crippen molar-refractivity contribution in [3.05, 3.63) is 81.5 Å². The Balaban J connectivity index is 0.000000323. The number of ether oxygens (including phenoxy) is 3. The molecule has 4 aromatic heterocycles. The van der Waals surface area contributed by atoms with Gasteiger partial charge in [-0.3, -0.25) is 14.7 Å². The average Bonchev–Trinajstić information content (AvgIpc) is 3.79. The fourth-order valence-electron chi connectivity index (χ4n) is 8.11. The molecule has 4 aromatic rings. The van der Waals surface area contributed by atoms with Gasteiger partial charge in [-0.05, 0) is 124 Å². The van der Waals surface area contributed by atoms with Crippen LogP contribution in [0.15, 0.2) is 24.3 Å². The van der Waals surface area contributed by atoms with E-state index in [2.05, 4.69) is 25.3 Å². The fourth-order valence-corrected chi connectivity index (χ4v) is 8.11. The molecule has 4 heterocycles. The first-order chi connectivity index (χ1) is 27.9. The number of carbonyl (C=O) groups is 3. The summed E-state index contributed by atoms with van der Waals surface area (Å²) in [5, 5.41) is 31.1. The maximum atomic E-state index is 12.4. The number of H-pyrrole nitrogens is 1. The summed E-state index contributed by atoms with van der Waals surface area (Å²) in [5.41, 5.74) is 4.85. The number of nitrogens with one attached hydrogen (secondary N) is 1. The number of esters is 2. The van der Waals surface area contributed by atoms with E-state index in [1.54, 1.807) is 6.92 Å². The molecule has 2 aliphatic rings. The minimum absolute atomic E-state index is 0. The van der Waals surface area contributed by atoms with Gasteiger partial charge in [-0.1, -0.05) is 0 Å². The molecule has 0 spiro atoms. The number of rotatable bonds is 10. The molecule has 2 fully saturated rings. The van der Waals surface area contributed by atoms with Crippen molar-refractivity contribution in [3.8, 4) is 0 Å². The Hall–Kier alpha value is -4.53. The first-order valence-corrected chi connectivity index (χ1v) is 20.3. The molecule has 0 aromatic carbocycles. The van der Waals surface area contributed by atoms with Crippen molar-refractivity contribution >= 4 is 18.0 Å². The molecule has 2 aliphatic carbocycles. The Labute approximate surface area is 369 Å². The van der Waals surface area contributed by atoms with E-state index in [-0.39, 0.29) is 61.3 Å². The number of hydrogen-bond acceptors (Lipinski definition) is 15. The zero-order valence-corrected chi connectivity index (χ0v) is 37.4. The van der Waals surface area contributed by atoms with Crippen molar-refractivity contribution in [2.24, 2.45) is 10.8 Å². The number of hydrogen-bond donors (Lipinski definition) is 3. The van der Waals surface area contributed by atoms with Crippen LogP contribution in [0.2, 0.25) is 0 Å². The van der Waals surface area contributed by atoms with Crippen LogP contribution < -0.4 is 18.9 Å². The average molecular weight is 841 g/mol. The molecule has 17 nitrogen and oxygen atoms in total. The van der Waals surface area contributed by atoms with Gasteiger partial charge in [0.25, 0.3) is 0 Å². The quantitative estimate of drug-likeness (QED) is 0.118. The SMILES string of the molecule is COC(=O)C1(CO)CCC(c2cc(C)nc(Cc3cc(C)[nH]n3)n2)CC1.COC(=O)C1(CO)CCC(c2cc(C)nc(Cc3cc(C)n(C(=O)OC(C)(C)C)n3)n2)CC1.[Li+].[OH-]. The Morgan fingerprint density at radius 3 is 1.56 bits per heavy atom. The van der Waals surface area contributed by atoms with Crippen LogP contribution in [-0.4, -0.2) is 107 Å². The molecule has 328 valence electrons. The number of methoxy groups -OCH3 is 2. The molecule has 0 bridgehead atoms. The van der Waals surface area contributed by atoms with Gasteiger partial charge in [0.15, 0.2) is 0 Å². The largest absolute Gasteiger partial charge is 1.00 e. The van der Waals surface area contributed by atoms with Crippen molar-refractivity contribution in [3.63, 3.8) is 0 Å². The normalized spacial score (nSPS) is 21.2. The number of aliphatic hydroxyl groups is 2. The fraction of sp³-hybridized carbons (Fsp3) is 0.605. The van der Waals surface area contributed by atoms with E-state index in [0.29, 0.717) is 55.7 Å². The summed E-state index contributed by atoms with van der Waals surface area (Å²) in [6.07, 6.45) is 5.86. The molecule has 4 N–H and O–H groups in total. The molecule has 18 heteroatoms. The van der Waals surface area contributed by atoms with Crippen LogP contribution in [0.5, 0.6) is 0 Å². The van der Waals surface area contributed by atoms with Crippen molar-refractivity contribution in [1.29, 1.82) is 0 Å². The second kappa shape index (κ2) is 21.5. The van der Waals surface area contributed by atoms with E-state index >= 15 is 0 Å². The number of carbonyl (C=O) groups excluding carboxylic acids is 3. The predicted octanol–water partition coefficient (Wildman–Crippen LogP) is 2.52. The molecule has 2 saturated carbocycles. The van der Waals surface area contributed by atoms with Crippen LogP contribution in [0.4, 0.5) is 4.79 Å². The van der Waals surface area contributed by atoms with E-state index in [0.717, 1.165) is 65.7 Å². The number of aliphatic hydroxyl groups excluding tert-OH is 2. The minimum Gasteiger partial charge on any atom is -0.870 e. The molecular formula is C43H61LiN8O9. The Morgan fingerprint density at radius 2 is 1.18 bits per heavy atom. The maximum absolute atomic E-state index is 12.4. The topological polar surface area (TPSA) is 247 Å². The third kappa shape index (κ3) is 12.8. The maximum Gasteiger partial charge on any atom is 1.00 e. The summed E-state index contributed by atoms with van der Waals surface area (Å²) in [7, 11) is 2.74. The summed E-state index contributed by atoms with van der Waals surface area (Å²) >= 11 is 0. The third-order valence-corrected chi connectivity index (χ3v) is 11.3. The van der Waals surface area contributed by atoms with Crippen LogP contribution in [0.3, 0.4) is 0 Å². The number of nitrogens with zero attached hydrogens (tertiary/aromatic N) is 7.